The molecule has 29 heavy (non-hydrogen) atoms. The molecule has 7 nitrogen and oxygen atoms in total. The number of amides is 1. The number of carbonyl (C=O) groups is 1. The maximum atomic E-state index is 12.5. The van der Waals surface area contributed by atoms with Gasteiger partial charge in [0.2, 0.25) is 0 Å². The molecule has 1 aromatic carbocycles. The van der Waals surface area contributed by atoms with E-state index in [0.717, 1.165) is 29.7 Å². The van der Waals surface area contributed by atoms with Crippen molar-refractivity contribution in [1.29, 1.82) is 0 Å². The zero-order chi connectivity index (χ0) is 20.2. The minimum atomic E-state index is -0.0592. The van der Waals surface area contributed by atoms with E-state index in [1.807, 2.05) is 25.2 Å². The monoisotopic (exact) mass is 413 g/mol. The molecule has 0 saturated carbocycles. The maximum Gasteiger partial charge on any atom is 0.255 e. The molecule has 0 unspecified atom stereocenters. The second kappa shape index (κ2) is 8.80. The summed E-state index contributed by atoms with van der Waals surface area (Å²) in [5.74, 6) is 1.59. The number of hydrogen-bond acceptors (Lipinski definition) is 5. The van der Waals surface area contributed by atoms with Crippen molar-refractivity contribution in [1.82, 2.24) is 19.4 Å². The molecular weight excluding hydrogens is 390 g/mol. The summed E-state index contributed by atoms with van der Waals surface area (Å²) in [7, 11) is 2.04. The normalized spacial score (nSPS) is 14.3. The van der Waals surface area contributed by atoms with Crippen LogP contribution in [0.2, 0.25) is 5.02 Å². The lowest BCUT2D eigenvalue weighted by Gasteiger charge is -2.26. The second-order valence-electron chi connectivity index (χ2n) is 7.07. The number of anilines is 1. The van der Waals surface area contributed by atoms with Crippen molar-refractivity contribution in [3.63, 3.8) is 0 Å². The van der Waals surface area contributed by atoms with Gasteiger partial charge in [-0.25, -0.2) is 9.97 Å². The Morgan fingerprint density at radius 2 is 2.07 bits per heavy atom. The first-order valence-electron chi connectivity index (χ1n) is 9.80. The lowest BCUT2D eigenvalue weighted by Crippen LogP contribution is -2.40. The van der Waals surface area contributed by atoms with Crippen molar-refractivity contribution >= 4 is 34.4 Å². The summed E-state index contributed by atoms with van der Waals surface area (Å²) in [5.41, 5.74) is 2.66. The van der Waals surface area contributed by atoms with Gasteiger partial charge in [0.1, 0.15) is 11.6 Å². The van der Waals surface area contributed by atoms with Gasteiger partial charge in [0.05, 0.1) is 34.8 Å². The zero-order valence-electron chi connectivity index (χ0n) is 16.4. The fourth-order valence-corrected chi connectivity index (χ4v) is 3.74. The van der Waals surface area contributed by atoms with Crippen molar-refractivity contribution in [3.8, 4) is 0 Å². The standard InChI is InChI=1S/C21H24ClN5O2/c1-26-18-6-3-2-5-17(18)25-19(26)7-4-8-23-20-16(22)13-15(14-24-20)21(28)27-9-11-29-12-10-27/h2-3,5-6,13-14H,4,7-12H2,1H3,(H,23,24). The van der Waals surface area contributed by atoms with Crippen LogP contribution in [-0.4, -0.2) is 58.2 Å². The highest BCUT2D eigenvalue weighted by molar-refractivity contribution is 6.33. The lowest BCUT2D eigenvalue weighted by molar-refractivity contribution is 0.0302. The number of ether oxygens (including phenoxy) is 1. The summed E-state index contributed by atoms with van der Waals surface area (Å²) >= 11 is 6.35. The van der Waals surface area contributed by atoms with E-state index in [2.05, 4.69) is 20.9 Å². The van der Waals surface area contributed by atoms with Gasteiger partial charge in [0.15, 0.2) is 0 Å². The number of aryl methyl sites for hydroxylation is 2. The van der Waals surface area contributed by atoms with Gasteiger partial charge < -0.3 is 19.5 Å². The SMILES string of the molecule is Cn1c(CCCNc2ncc(C(=O)N3CCOCC3)cc2Cl)nc2ccccc21. The summed E-state index contributed by atoms with van der Waals surface area (Å²) in [6.45, 7) is 3.04. The van der Waals surface area contributed by atoms with Crippen molar-refractivity contribution in [3.05, 3.63) is 52.9 Å². The molecule has 4 rings (SSSR count). The van der Waals surface area contributed by atoms with Crippen molar-refractivity contribution in [2.75, 3.05) is 38.2 Å². The zero-order valence-corrected chi connectivity index (χ0v) is 17.2. The van der Waals surface area contributed by atoms with Crippen LogP contribution in [-0.2, 0) is 18.2 Å². The highest BCUT2D eigenvalue weighted by Gasteiger charge is 2.19. The summed E-state index contributed by atoms with van der Waals surface area (Å²) in [4.78, 5) is 23.3. The van der Waals surface area contributed by atoms with E-state index in [0.29, 0.717) is 49.3 Å². The van der Waals surface area contributed by atoms with Gasteiger partial charge in [-0.2, -0.15) is 0 Å². The van der Waals surface area contributed by atoms with Crippen molar-refractivity contribution in [2.45, 2.75) is 12.8 Å². The first kappa shape index (κ1) is 19.7. The van der Waals surface area contributed by atoms with Crippen LogP contribution in [0.4, 0.5) is 5.82 Å². The first-order valence-corrected chi connectivity index (χ1v) is 10.2. The van der Waals surface area contributed by atoms with Crippen LogP contribution in [0.1, 0.15) is 22.6 Å². The van der Waals surface area contributed by atoms with Crippen molar-refractivity contribution in [2.24, 2.45) is 7.05 Å². The third-order valence-electron chi connectivity index (χ3n) is 5.14. The lowest BCUT2D eigenvalue weighted by atomic mass is 10.2. The van der Waals surface area contributed by atoms with Gasteiger partial charge in [-0.3, -0.25) is 4.79 Å². The van der Waals surface area contributed by atoms with Gasteiger partial charge in [-0.1, -0.05) is 23.7 Å². The Hall–Kier alpha value is -2.64. The third-order valence-corrected chi connectivity index (χ3v) is 5.42. The minimum Gasteiger partial charge on any atom is -0.378 e. The molecular formula is C21H24ClN5O2. The van der Waals surface area contributed by atoms with Gasteiger partial charge in [-0.05, 0) is 24.6 Å². The number of halogens is 1. The van der Waals surface area contributed by atoms with Gasteiger partial charge in [-0.15, -0.1) is 0 Å². The molecule has 1 N–H and O–H groups in total. The van der Waals surface area contributed by atoms with E-state index in [4.69, 9.17) is 21.3 Å². The molecule has 1 amide bonds. The molecule has 3 heterocycles. The Kier molecular flexibility index (Phi) is 5.97. The fourth-order valence-electron chi connectivity index (χ4n) is 3.51. The summed E-state index contributed by atoms with van der Waals surface area (Å²) in [6, 6.07) is 9.81. The van der Waals surface area contributed by atoms with Crippen LogP contribution in [0, 0.1) is 0 Å². The number of benzene rings is 1. The Morgan fingerprint density at radius 1 is 1.28 bits per heavy atom. The fraction of sp³-hybridized carbons (Fsp3) is 0.381. The van der Waals surface area contributed by atoms with Crippen LogP contribution in [0.3, 0.4) is 0 Å². The van der Waals surface area contributed by atoms with E-state index in [1.165, 1.54) is 0 Å². The Labute approximate surface area is 174 Å². The van der Waals surface area contributed by atoms with Gasteiger partial charge >= 0.3 is 0 Å². The number of hydrogen-bond donors (Lipinski definition) is 1. The molecule has 1 aliphatic heterocycles. The number of fused-ring (bicyclic) bond motifs is 1. The molecule has 0 bridgehead atoms. The largest absolute Gasteiger partial charge is 0.378 e. The van der Waals surface area contributed by atoms with Crippen LogP contribution in [0.25, 0.3) is 11.0 Å². The highest BCUT2D eigenvalue weighted by Crippen LogP contribution is 2.21. The number of pyridine rings is 1. The number of rotatable bonds is 6. The third kappa shape index (κ3) is 4.36. The van der Waals surface area contributed by atoms with E-state index in [1.54, 1.807) is 17.2 Å². The summed E-state index contributed by atoms with van der Waals surface area (Å²) in [6.07, 6.45) is 3.32. The van der Waals surface area contributed by atoms with E-state index in [9.17, 15) is 4.79 Å². The van der Waals surface area contributed by atoms with Crippen LogP contribution < -0.4 is 5.32 Å². The molecule has 1 saturated heterocycles. The first-order chi connectivity index (χ1) is 14.1. The van der Waals surface area contributed by atoms with Crippen LogP contribution in [0.5, 0.6) is 0 Å². The van der Waals surface area contributed by atoms with Crippen LogP contribution >= 0.6 is 11.6 Å². The van der Waals surface area contributed by atoms with E-state index < -0.39 is 0 Å². The molecule has 8 heteroatoms. The van der Waals surface area contributed by atoms with Gasteiger partial charge in [0, 0.05) is 39.3 Å². The maximum absolute atomic E-state index is 12.5. The highest BCUT2D eigenvalue weighted by atomic mass is 35.5. The number of aromatic nitrogens is 3. The number of para-hydroxylation sites is 2. The molecule has 2 aromatic heterocycles. The van der Waals surface area contributed by atoms with E-state index >= 15 is 0 Å². The number of carbonyl (C=O) groups excluding carboxylic acids is 1. The smallest absolute Gasteiger partial charge is 0.255 e. The predicted molar refractivity (Wildman–Crippen MR) is 113 cm³/mol. The second-order valence-corrected chi connectivity index (χ2v) is 7.47. The molecule has 3 aromatic rings. The number of imidazole rings is 1. The average molecular weight is 414 g/mol. The molecule has 0 aliphatic carbocycles. The molecule has 1 fully saturated rings. The molecule has 1 aliphatic rings. The predicted octanol–water partition coefficient (Wildman–Crippen LogP) is 3.14. The Bertz CT molecular complexity index is 1010. The summed E-state index contributed by atoms with van der Waals surface area (Å²) in [5, 5.41) is 3.71. The number of nitrogens with one attached hydrogen (secondary N) is 1. The Morgan fingerprint density at radius 3 is 2.83 bits per heavy atom. The molecule has 0 radical (unpaired) electrons. The molecule has 0 atom stereocenters. The quantitative estimate of drug-likeness (QED) is 0.628. The van der Waals surface area contributed by atoms with Gasteiger partial charge in [0.25, 0.3) is 5.91 Å². The average Bonchev–Trinajstić information content (AvgIpc) is 3.08. The van der Waals surface area contributed by atoms with Crippen LogP contribution in [0.15, 0.2) is 36.5 Å². The number of nitrogens with zero attached hydrogens (tertiary/aromatic N) is 4. The molecule has 152 valence electrons. The van der Waals surface area contributed by atoms with E-state index in [-0.39, 0.29) is 5.91 Å². The van der Waals surface area contributed by atoms with Crippen molar-refractivity contribution < 1.29 is 9.53 Å². The summed E-state index contributed by atoms with van der Waals surface area (Å²) < 4.78 is 7.42. The number of morpholine rings is 1. The minimum absolute atomic E-state index is 0.0592. The topological polar surface area (TPSA) is 72.3 Å². The Balaban J connectivity index is 1.32. The molecule has 0 spiro atoms.